The van der Waals surface area contributed by atoms with E-state index < -0.39 is 0 Å². The van der Waals surface area contributed by atoms with Crippen molar-refractivity contribution in [3.63, 3.8) is 0 Å². The van der Waals surface area contributed by atoms with Crippen LogP contribution in [0.25, 0.3) is 0 Å². The molecule has 1 heterocycles. The van der Waals surface area contributed by atoms with Crippen LogP contribution in [0.2, 0.25) is 0 Å². The van der Waals surface area contributed by atoms with Gasteiger partial charge in [0.25, 0.3) is 0 Å². The van der Waals surface area contributed by atoms with Crippen LogP contribution in [-0.4, -0.2) is 48.7 Å². The average molecular weight is 405 g/mol. The van der Waals surface area contributed by atoms with Crippen molar-refractivity contribution in [2.45, 2.75) is 90.3 Å². The summed E-state index contributed by atoms with van der Waals surface area (Å²) in [6.45, 7) is 12.0. The molecular formula is C24H40N2O3. The third kappa shape index (κ3) is 6.63. The molecule has 0 spiro atoms. The summed E-state index contributed by atoms with van der Waals surface area (Å²) < 4.78 is 10.8. The number of rotatable bonds is 9. The molecule has 0 aliphatic carbocycles. The highest BCUT2D eigenvalue weighted by molar-refractivity contribution is 5.77. The molecule has 5 nitrogen and oxygen atoms in total. The van der Waals surface area contributed by atoms with Gasteiger partial charge >= 0.3 is 0 Å². The number of piperidine rings is 1. The molecule has 0 atom stereocenters. The quantitative estimate of drug-likeness (QED) is 0.655. The first kappa shape index (κ1) is 23.5. The Morgan fingerprint density at radius 3 is 2.34 bits per heavy atom. The van der Waals surface area contributed by atoms with Crippen LogP contribution in [0.1, 0.15) is 72.3 Å². The van der Waals surface area contributed by atoms with E-state index in [0.717, 1.165) is 49.3 Å². The van der Waals surface area contributed by atoms with Crippen molar-refractivity contribution >= 4 is 5.91 Å². The molecule has 1 amide bonds. The Bertz CT molecular complexity index is 669. The zero-order chi connectivity index (χ0) is 21.7. The van der Waals surface area contributed by atoms with Crippen molar-refractivity contribution in [3.8, 4) is 11.5 Å². The number of carbonyl (C=O) groups excluding carboxylic acids is 1. The number of aryl methyl sites for hydroxylation is 1. The van der Waals surface area contributed by atoms with Crippen LogP contribution >= 0.6 is 0 Å². The zero-order valence-electron chi connectivity index (χ0n) is 19.4. The Hall–Kier alpha value is -1.75. The molecular weight excluding hydrogens is 364 g/mol. The van der Waals surface area contributed by atoms with Gasteiger partial charge in [0.2, 0.25) is 5.91 Å². The number of methoxy groups -OCH3 is 2. The molecule has 0 radical (unpaired) electrons. The smallest absolute Gasteiger partial charge is 0.223 e. The number of hydrogen-bond donors (Lipinski definition) is 1. The van der Waals surface area contributed by atoms with E-state index in [-0.39, 0.29) is 23.0 Å². The lowest BCUT2D eigenvalue weighted by Crippen LogP contribution is -2.62. The summed E-state index contributed by atoms with van der Waals surface area (Å²) in [6.07, 6.45) is 5.23. The summed E-state index contributed by atoms with van der Waals surface area (Å²) in [6, 6.07) is 6.04. The molecule has 1 aliphatic rings. The SMILES string of the molecule is CCCCN(C(=O)CCc1cc(OC)ccc1OC)C1CC(C)(C)NC(C)(C)C1. The van der Waals surface area contributed by atoms with Gasteiger partial charge in [0, 0.05) is 30.1 Å². The molecule has 1 saturated heterocycles. The molecule has 0 bridgehead atoms. The van der Waals surface area contributed by atoms with Gasteiger partial charge in [-0.1, -0.05) is 13.3 Å². The summed E-state index contributed by atoms with van der Waals surface area (Å²) in [5.74, 6) is 1.84. The van der Waals surface area contributed by atoms with Crippen LogP contribution in [0.5, 0.6) is 11.5 Å². The van der Waals surface area contributed by atoms with Gasteiger partial charge in [-0.2, -0.15) is 0 Å². The number of amides is 1. The number of unbranched alkanes of at least 4 members (excludes halogenated alkanes) is 1. The molecule has 1 aromatic carbocycles. The van der Waals surface area contributed by atoms with E-state index in [1.165, 1.54) is 0 Å². The number of nitrogens with zero attached hydrogens (tertiary/aromatic N) is 1. The number of nitrogens with one attached hydrogen (secondary N) is 1. The Labute approximate surface area is 177 Å². The monoisotopic (exact) mass is 404 g/mol. The predicted octanol–water partition coefficient (Wildman–Crippen LogP) is 4.57. The summed E-state index contributed by atoms with van der Waals surface area (Å²) >= 11 is 0. The Kier molecular flexibility index (Phi) is 7.98. The number of carbonyl (C=O) groups is 1. The zero-order valence-corrected chi connectivity index (χ0v) is 19.4. The predicted molar refractivity (Wildman–Crippen MR) is 119 cm³/mol. The number of ether oxygens (including phenoxy) is 2. The molecule has 1 aliphatic heterocycles. The lowest BCUT2D eigenvalue weighted by molar-refractivity contribution is -0.135. The topological polar surface area (TPSA) is 50.8 Å². The van der Waals surface area contributed by atoms with Gasteiger partial charge < -0.3 is 19.7 Å². The van der Waals surface area contributed by atoms with Gasteiger partial charge in [0.05, 0.1) is 14.2 Å². The van der Waals surface area contributed by atoms with Gasteiger partial charge in [-0.3, -0.25) is 4.79 Å². The molecule has 2 rings (SSSR count). The maximum atomic E-state index is 13.3. The van der Waals surface area contributed by atoms with Crippen molar-refractivity contribution in [1.82, 2.24) is 10.2 Å². The number of benzene rings is 1. The molecule has 0 unspecified atom stereocenters. The summed E-state index contributed by atoms with van der Waals surface area (Å²) in [5.41, 5.74) is 1.06. The standard InChI is InChI=1S/C24H40N2O3/c1-8-9-14-26(19-16-23(2,3)25-24(4,5)17-19)22(27)13-10-18-15-20(28-6)11-12-21(18)29-7/h11-12,15,19,25H,8-10,13-14,16-17H2,1-7H3. The van der Waals surface area contributed by atoms with Gasteiger partial charge in [-0.25, -0.2) is 0 Å². The van der Waals surface area contributed by atoms with Crippen molar-refractivity contribution in [3.05, 3.63) is 23.8 Å². The van der Waals surface area contributed by atoms with E-state index in [1.54, 1.807) is 14.2 Å². The minimum absolute atomic E-state index is 0.0210. The summed E-state index contributed by atoms with van der Waals surface area (Å²) in [5, 5.41) is 3.73. The van der Waals surface area contributed by atoms with E-state index in [1.807, 2.05) is 18.2 Å². The molecule has 29 heavy (non-hydrogen) atoms. The van der Waals surface area contributed by atoms with E-state index in [4.69, 9.17) is 9.47 Å². The van der Waals surface area contributed by atoms with Crippen LogP contribution in [0.3, 0.4) is 0 Å². The van der Waals surface area contributed by atoms with Crippen molar-refractivity contribution in [2.24, 2.45) is 0 Å². The van der Waals surface area contributed by atoms with Crippen LogP contribution in [0.15, 0.2) is 18.2 Å². The molecule has 0 saturated carbocycles. The third-order valence-electron chi connectivity index (χ3n) is 5.78. The molecule has 164 valence electrons. The van der Waals surface area contributed by atoms with Crippen LogP contribution in [-0.2, 0) is 11.2 Å². The highest BCUT2D eigenvalue weighted by Gasteiger charge is 2.40. The third-order valence-corrected chi connectivity index (χ3v) is 5.78. The minimum Gasteiger partial charge on any atom is -0.497 e. The number of hydrogen-bond acceptors (Lipinski definition) is 4. The first-order valence-electron chi connectivity index (χ1n) is 10.9. The van der Waals surface area contributed by atoms with Crippen LogP contribution in [0.4, 0.5) is 0 Å². The fraction of sp³-hybridized carbons (Fsp3) is 0.708. The van der Waals surface area contributed by atoms with Crippen molar-refractivity contribution in [2.75, 3.05) is 20.8 Å². The highest BCUT2D eigenvalue weighted by Crippen LogP contribution is 2.32. The summed E-state index contributed by atoms with van der Waals surface area (Å²) in [7, 11) is 3.32. The van der Waals surface area contributed by atoms with E-state index in [2.05, 4.69) is 44.8 Å². The lowest BCUT2D eigenvalue weighted by atomic mass is 9.79. The van der Waals surface area contributed by atoms with Crippen LogP contribution in [0, 0.1) is 0 Å². The highest BCUT2D eigenvalue weighted by atomic mass is 16.5. The van der Waals surface area contributed by atoms with E-state index >= 15 is 0 Å². The van der Waals surface area contributed by atoms with Crippen molar-refractivity contribution in [1.29, 1.82) is 0 Å². The Morgan fingerprint density at radius 1 is 1.14 bits per heavy atom. The van der Waals surface area contributed by atoms with Gasteiger partial charge in [-0.05, 0) is 77.1 Å². The molecule has 1 aromatic rings. The Balaban J connectivity index is 2.15. The molecule has 1 fully saturated rings. The maximum absolute atomic E-state index is 13.3. The second kappa shape index (κ2) is 9.84. The first-order valence-corrected chi connectivity index (χ1v) is 10.9. The normalized spacial score (nSPS) is 18.3. The van der Waals surface area contributed by atoms with Crippen LogP contribution < -0.4 is 14.8 Å². The first-order chi connectivity index (χ1) is 13.6. The largest absolute Gasteiger partial charge is 0.497 e. The Morgan fingerprint density at radius 2 is 1.79 bits per heavy atom. The van der Waals surface area contributed by atoms with Gasteiger partial charge in [0.1, 0.15) is 11.5 Å². The van der Waals surface area contributed by atoms with E-state index in [9.17, 15) is 4.79 Å². The maximum Gasteiger partial charge on any atom is 0.223 e. The fourth-order valence-electron chi connectivity index (χ4n) is 4.79. The average Bonchev–Trinajstić information content (AvgIpc) is 2.63. The second-order valence-electron chi connectivity index (χ2n) is 9.57. The van der Waals surface area contributed by atoms with Gasteiger partial charge in [0.15, 0.2) is 0 Å². The molecule has 1 N–H and O–H groups in total. The molecule has 5 heteroatoms. The fourth-order valence-corrected chi connectivity index (χ4v) is 4.79. The lowest BCUT2D eigenvalue weighted by Gasteiger charge is -2.49. The minimum atomic E-state index is 0.0210. The summed E-state index contributed by atoms with van der Waals surface area (Å²) in [4.78, 5) is 15.5. The van der Waals surface area contributed by atoms with Gasteiger partial charge in [-0.15, -0.1) is 0 Å². The second-order valence-corrected chi connectivity index (χ2v) is 9.57. The van der Waals surface area contributed by atoms with Crippen molar-refractivity contribution < 1.29 is 14.3 Å². The van der Waals surface area contributed by atoms with E-state index in [0.29, 0.717) is 12.8 Å². The molecule has 0 aromatic heterocycles.